The molecule has 18 heteroatoms. The van der Waals surface area contributed by atoms with Gasteiger partial charge in [0.05, 0.1) is 30.8 Å². The van der Waals surface area contributed by atoms with Crippen molar-refractivity contribution in [2.75, 3.05) is 13.2 Å². The fraction of sp³-hybridized carbons (Fsp3) is 0.526. The van der Waals surface area contributed by atoms with E-state index in [1.807, 2.05) is 4.98 Å². The highest BCUT2D eigenvalue weighted by molar-refractivity contribution is 6.31. The minimum atomic E-state index is -4.92. The average Bonchev–Trinajstić information content (AvgIpc) is 3.36. The van der Waals surface area contributed by atoms with Crippen molar-refractivity contribution in [3.05, 3.63) is 64.2 Å². The molecule has 0 aromatic carbocycles. The third kappa shape index (κ3) is 7.10. The van der Waals surface area contributed by atoms with Gasteiger partial charge in [-0.1, -0.05) is 11.6 Å². The van der Waals surface area contributed by atoms with Crippen LogP contribution < -0.4 is 22.5 Å². The summed E-state index contributed by atoms with van der Waals surface area (Å²) in [6.45, 7) is 0.517. The summed E-state index contributed by atoms with van der Waals surface area (Å²) in [5.41, 5.74) is -4.97. The van der Waals surface area contributed by atoms with Gasteiger partial charge in [0.15, 0.2) is 0 Å². The molecule has 0 bridgehead atoms. The first-order valence-electron chi connectivity index (χ1n) is 10.5. The summed E-state index contributed by atoms with van der Waals surface area (Å²) in [7, 11) is 0. The fourth-order valence-corrected chi connectivity index (χ4v) is 3.83. The van der Waals surface area contributed by atoms with E-state index in [0.29, 0.717) is 28.8 Å². The summed E-state index contributed by atoms with van der Waals surface area (Å²) in [4.78, 5) is 52.8. The van der Waals surface area contributed by atoms with Crippen molar-refractivity contribution >= 4 is 29.8 Å². The largest absolute Gasteiger partial charge is 0.423 e. The van der Waals surface area contributed by atoms with E-state index in [1.54, 1.807) is 9.88 Å². The number of halogens is 5. The van der Waals surface area contributed by atoms with Crippen LogP contribution in [0, 0.1) is 5.41 Å². The molecule has 2 aromatic heterocycles. The second-order valence-electron chi connectivity index (χ2n) is 7.99. The van der Waals surface area contributed by atoms with Crippen molar-refractivity contribution in [2.24, 2.45) is 0 Å². The molecular weight excluding hydrogens is 552 g/mol. The number of aromatic nitrogens is 4. The minimum absolute atomic E-state index is 0. The maximum absolute atomic E-state index is 12.6. The van der Waals surface area contributed by atoms with E-state index in [2.05, 4.69) is 4.98 Å². The van der Waals surface area contributed by atoms with Crippen molar-refractivity contribution in [1.82, 2.24) is 24.4 Å². The van der Waals surface area contributed by atoms with E-state index in [1.165, 1.54) is 0 Å². The second-order valence-corrected chi connectivity index (χ2v) is 8.37. The van der Waals surface area contributed by atoms with Crippen LogP contribution in [0.3, 0.4) is 0 Å². The van der Waals surface area contributed by atoms with Crippen LogP contribution in [0.5, 0.6) is 0 Å². The zero-order valence-corrected chi connectivity index (χ0v) is 20.4. The first-order valence-corrected chi connectivity index (χ1v) is 10.9. The highest BCUT2D eigenvalue weighted by atomic mass is 35.5. The Balaban J connectivity index is 0.000000259. The van der Waals surface area contributed by atoms with Gasteiger partial charge in [0.25, 0.3) is 11.1 Å². The van der Waals surface area contributed by atoms with Crippen LogP contribution in [-0.2, 0) is 17.5 Å². The number of hydrogen-bond acceptors (Lipinski definition) is 8. The number of hydrogen-bond donors (Lipinski definition) is 6. The number of ether oxygens (including phenoxy) is 1. The monoisotopic (exact) mass is 574 g/mol. The Hall–Kier alpha value is -2.92. The molecule has 0 saturated carbocycles. The van der Waals surface area contributed by atoms with E-state index in [4.69, 9.17) is 26.9 Å². The SMILES string of the molecule is Cl.N=C1CCCN1Cc1[nH]c(=O)[nH]c(=O)c1Cl.O=c1[nH]c(=O)n(C2C[C@H](O)[C@@H](CO)O2)cc1C(F)(F)F. The van der Waals surface area contributed by atoms with Crippen LogP contribution >= 0.6 is 24.0 Å². The molecule has 0 radical (unpaired) electrons. The third-order valence-electron chi connectivity index (χ3n) is 5.50. The third-order valence-corrected chi connectivity index (χ3v) is 5.90. The molecule has 0 amide bonds. The molecule has 2 saturated heterocycles. The van der Waals surface area contributed by atoms with E-state index in [9.17, 15) is 37.5 Å². The van der Waals surface area contributed by atoms with Crippen LogP contribution in [0.25, 0.3) is 0 Å². The lowest BCUT2D eigenvalue weighted by atomic mass is 10.2. The molecule has 2 aliphatic rings. The Labute approximate surface area is 215 Å². The van der Waals surface area contributed by atoms with Gasteiger partial charge in [0.2, 0.25) is 0 Å². The number of H-pyrrole nitrogens is 3. The van der Waals surface area contributed by atoms with Gasteiger partial charge >= 0.3 is 17.6 Å². The number of rotatable bonds is 4. The minimum Gasteiger partial charge on any atom is -0.394 e. The fourth-order valence-electron chi connectivity index (χ4n) is 3.67. The van der Waals surface area contributed by atoms with E-state index in [-0.39, 0.29) is 23.9 Å². The lowest BCUT2D eigenvalue weighted by Gasteiger charge is -2.17. The molecule has 37 heavy (non-hydrogen) atoms. The summed E-state index contributed by atoms with van der Waals surface area (Å²) in [5.74, 6) is 0.511. The average molecular weight is 575 g/mol. The Morgan fingerprint density at radius 1 is 1.16 bits per heavy atom. The smallest absolute Gasteiger partial charge is 0.394 e. The van der Waals surface area contributed by atoms with Crippen LogP contribution in [0.2, 0.25) is 5.02 Å². The van der Waals surface area contributed by atoms with E-state index in [0.717, 1.165) is 19.4 Å². The molecule has 3 atom stereocenters. The topological polar surface area (TPSA) is 197 Å². The number of aromatic amines is 3. The summed E-state index contributed by atoms with van der Waals surface area (Å²) in [6, 6.07) is 0. The summed E-state index contributed by atoms with van der Waals surface area (Å²) < 4.78 is 43.4. The zero-order valence-electron chi connectivity index (χ0n) is 18.8. The molecule has 0 spiro atoms. The van der Waals surface area contributed by atoms with E-state index < -0.39 is 59.3 Å². The molecule has 2 aliphatic heterocycles. The number of nitrogens with one attached hydrogen (secondary N) is 4. The van der Waals surface area contributed by atoms with Gasteiger partial charge in [-0.05, 0) is 6.42 Å². The normalized spacial score (nSPS) is 21.4. The molecule has 6 N–H and O–H groups in total. The summed E-state index contributed by atoms with van der Waals surface area (Å²) >= 11 is 5.78. The highest BCUT2D eigenvalue weighted by Gasteiger charge is 2.38. The van der Waals surface area contributed by atoms with Crippen LogP contribution in [0.1, 0.15) is 36.7 Å². The Morgan fingerprint density at radius 3 is 2.38 bits per heavy atom. The molecule has 0 aliphatic carbocycles. The molecule has 4 rings (SSSR count). The molecule has 4 heterocycles. The van der Waals surface area contributed by atoms with Gasteiger partial charge in [-0.25, -0.2) is 9.59 Å². The van der Waals surface area contributed by atoms with Crippen LogP contribution in [-0.4, -0.2) is 65.8 Å². The number of likely N-dealkylation sites (tertiary alicyclic amines) is 1. The summed E-state index contributed by atoms with van der Waals surface area (Å²) in [5, 5.41) is 26.0. The Kier molecular flexibility index (Phi) is 9.90. The molecule has 2 aromatic rings. The van der Waals surface area contributed by atoms with Crippen molar-refractivity contribution in [1.29, 1.82) is 5.41 Å². The first kappa shape index (κ1) is 30.3. The van der Waals surface area contributed by atoms with Crippen LogP contribution in [0.4, 0.5) is 13.2 Å². The lowest BCUT2D eigenvalue weighted by Crippen LogP contribution is -2.36. The maximum Gasteiger partial charge on any atom is 0.423 e. The quantitative estimate of drug-likeness (QED) is 0.291. The highest BCUT2D eigenvalue weighted by Crippen LogP contribution is 2.30. The predicted molar refractivity (Wildman–Crippen MR) is 125 cm³/mol. The van der Waals surface area contributed by atoms with E-state index >= 15 is 0 Å². The molecular formula is C19H23Cl2F3N6O7. The lowest BCUT2D eigenvalue weighted by molar-refractivity contribution is -0.139. The van der Waals surface area contributed by atoms with Crippen molar-refractivity contribution in [3.8, 4) is 0 Å². The molecule has 1 unspecified atom stereocenters. The van der Waals surface area contributed by atoms with Gasteiger partial charge in [-0.3, -0.25) is 29.5 Å². The standard InChI is InChI=1S/C10H11F3N2O5.C9H11ClN4O2.ClH/c11-10(12,13)4-2-15(9(19)14-8(4)18)7-1-5(17)6(3-16)20-7;10-7-5(12-9(16)13-8(7)15)4-14-3-1-2-6(14)11;/h2,5-7,16-17H,1,3H2,(H,14,18,19);11H,1-4H2,(H2,12,13,15,16);1H/t5-,6+,7?;;/m0../s1. The number of aliphatic hydroxyl groups is 2. The van der Waals surface area contributed by atoms with Crippen molar-refractivity contribution < 1.29 is 28.1 Å². The van der Waals surface area contributed by atoms with Gasteiger partial charge in [0.1, 0.15) is 22.9 Å². The van der Waals surface area contributed by atoms with Gasteiger partial charge in [0, 0.05) is 25.6 Å². The van der Waals surface area contributed by atoms with Crippen molar-refractivity contribution in [2.45, 2.75) is 50.4 Å². The predicted octanol–water partition coefficient (Wildman–Crippen LogP) is -0.0924. The number of nitrogens with zero attached hydrogens (tertiary/aromatic N) is 2. The zero-order chi connectivity index (χ0) is 26.8. The number of amidine groups is 1. The van der Waals surface area contributed by atoms with Crippen molar-refractivity contribution in [3.63, 3.8) is 0 Å². The number of aliphatic hydroxyl groups excluding tert-OH is 2. The Morgan fingerprint density at radius 2 is 1.84 bits per heavy atom. The molecule has 13 nitrogen and oxygen atoms in total. The van der Waals surface area contributed by atoms with Gasteiger partial charge < -0.3 is 24.8 Å². The Bertz CT molecular complexity index is 1360. The first-order chi connectivity index (χ1) is 16.8. The van der Waals surface area contributed by atoms with Gasteiger partial charge in [-0.2, -0.15) is 13.2 Å². The van der Waals surface area contributed by atoms with Crippen LogP contribution in [0.15, 0.2) is 25.4 Å². The molecule has 206 valence electrons. The maximum atomic E-state index is 12.6. The number of alkyl halides is 3. The summed E-state index contributed by atoms with van der Waals surface area (Å²) in [6.07, 6.45) is -6.39. The second kappa shape index (κ2) is 12.1. The van der Waals surface area contributed by atoms with Gasteiger partial charge in [-0.15, -0.1) is 12.4 Å². The molecule has 2 fully saturated rings.